The number of rotatable bonds is 3. The van der Waals surface area contributed by atoms with Crippen LogP contribution in [0.5, 0.6) is 0 Å². The van der Waals surface area contributed by atoms with Crippen LogP contribution in [0.15, 0.2) is 33.3 Å². The van der Waals surface area contributed by atoms with Crippen molar-refractivity contribution in [2.24, 2.45) is 14.1 Å². The summed E-state index contributed by atoms with van der Waals surface area (Å²) in [7, 11) is 3.63. The molecule has 13 heteroatoms. The molecule has 2 aromatic rings. The molecule has 0 spiro atoms. The van der Waals surface area contributed by atoms with E-state index in [1.54, 1.807) is 23.2 Å². The first kappa shape index (κ1) is 32.4. The number of ether oxygens (including phenoxy) is 1. The molecule has 4 heterocycles. The van der Waals surface area contributed by atoms with E-state index in [2.05, 4.69) is 51.7 Å². The molecule has 2 aromatic heterocycles. The highest BCUT2D eigenvalue weighted by molar-refractivity contribution is 6.36. The van der Waals surface area contributed by atoms with Gasteiger partial charge in [0.1, 0.15) is 0 Å². The molecule has 2 aliphatic rings. The minimum Gasteiger partial charge on any atom is -0.436 e. The van der Waals surface area contributed by atoms with Gasteiger partial charge in [0.2, 0.25) is 6.23 Å². The van der Waals surface area contributed by atoms with Crippen LogP contribution in [0.25, 0.3) is 0 Å². The van der Waals surface area contributed by atoms with Crippen molar-refractivity contribution in [3.05, 3.63) is 44.7 Å². The molecule has 0 saturated heterocycles. The topological polar surface area (TPSA) is 123 Å². The molecule has 41 heavy (non-hydrogen) atoms. The van der Waals surface area contributed by atoms with Gasteiger partial charge in [0, 0.05) is 66.5 Å². The third kappa shape index (κ3) is 6.22. The highest BCUT2D eigenvalue weighted by Gasteiger charge is 2.42. The average Bonchev–Trinajstić information content (AvgIpc) is 3.52. The Bertz CT molecular complexity index is 1460. The van der Waals surface area contributed by atoms with Crippen molar-refractivity contribution in [2.75, 3.05) is 9.80 Å². The molecule has 2 unspecified atom stereocenters. The van der Waals surface area contributed by atoms with Gasteiger partial charge in [0.15, 0.2) is 17.9 Å². The van der Waals surface area contributed by atoms with Gasteiger partial charge in [-0.25, -0.2) is 4.90 Å². The summed E-state index contributed by atoms with van der Waals surface area (Å²) in [6, 6.07) is 3.63. The van der Waals surface area contributed by atoms with Crippen LogP contribution in [0.3, 0.4) is 0 Å². The Hall–Kier alpha value is -3.15. The number of nitrogens with zero attached hydrogens (tertiary/aromatic N) is 6. The first-order chi connectivity index (χ1) is 18.7. The summed E-state index contributed by atoms with van der Waals surface area (Å²) in [4.78, 5) is 38.3. The molecular weight excluding hydrogens is 571 g/mol. The largest absolute Gasteiger partial charge is 0.436 e. The van der Waals surface area contributed by atoms with Crippen LogP contribution in [-0.2, 0) is 44.0 Å². The van der Waals surface area contributed by atoms with Crippen LogP contribution in [0.1, 0.15) is 73.7 Å². The molecule has 11 nitrogen and oxygen atoms in total. The number of esters is 1. The summed E-state index contributed by atoms with van der Waals surface area (Å²) >= 11 is 12.1. The van der Waals surface area contributed by atoms with Gasteiger partial charge >= 0.3 is 5.97 Å². The molecule has 0 saturated carbocycles. The molecule has 2 amide bonds. The van der Waals surface area contributed by atoms with Crippen molar-refractivity contribution in [1.82, 2.24) is 19.6 Å². The van der Waals surface area contributed by atoms with Crippen molar-refractivity contribution in [3.8, 4) is 0 Å². The summed E-state index contributed by atoms with van der Waals surface area (Å²) in [5.41, 5.74) is 2.42. The number of hydrogen-bond donors (Lipinski definition) is 1. The molecule has 2 aliphatic heterocycles. The van der Waals surface area contributed by atoms with Gasteiger partial charge in [-0.05, 0) is 13.8 Å². The zero-order valence-electron chi connectivity index (χ0n) is 25.3. The smallest absolute Gasteiger partial charge is 0.304 e. The van der Waals surface area contributed by atoms with E-state index in [1.165, 1.54) is 16.7 Å². The Kier molecular flexibility index (Phi) is 8.89. The second-order valence-corrected chi connectivity index (χ2v) is 13.0. The number of carbonyl (C=O) groups is 3. The SMILES string of the molecule is CC(=O)OC1C(Cl)=C(C)C(=O)N1c1cc(C(C)(C)C)n(C)n1.CC1=C(Cl)C(O)N(c2cc(C(C)(C)C)n(C)n2)C1=O. The number of halogens is 2. The van der Waals surface area contributed by atoms with Gasteiger partial charge < -0.3 is 9.84 Å². The third-order valence-corrected chi connectivity index (χ3v) is 7.71. The number of amides is 2. The van der Waals surface area contributed by atoms with E-state index in [9.17, 15) is 19.5 Å². The Morgan fingerprint density at radius 3 is 1.56 bits per heavy atom. The van der Waals surface area contributed by atoms with Crippen LogP contribution in [-0.4, -0.2) is 54.9 Å². The number of aryl methyl sites for hydroxylation is 2. The summed E-state index contributed by atoms with van der Waals surface area (Å²) in [5.74, 6) is -0.299. The Morgan fingerprint density at radius 2 is 1.22 bits per heavy atom. The van der Waals surface area contributed by atoms with E-state index >= 15 is 0 Å². The first-order valence-electron chi connectivity index (χ1n) is 13.0. The molecule has 0 fully saturated rings. The number of aliphatic hydroxyl groups excluding tert-OH is 1. The number of hydrogen-bond acceptors (Lipinski definition) is 7. The Balaban J connectivity index is 0.000000228. The molecule has 0 aliphatic carbocycles. The molecule has 0 radical (unpaired) electrons. The lowest BCUT2D eigenvalue weighted by molar-refractivity contribution is -0.144. The van der Waals surface area contributed by atoms with Gasteiger partial charge in [0.25, 0.3) is 11.8 Å². The van der Waals surface area contributed by atoms with E-state index in [0.29, 0.717) is 22.8 Å². The van der Waals surface area contributed by atoms with E-state index in [4.69, 9.17) is 27.9 Å². The average molecular weight is 610 g/mol. The summed E-state index contributed by atoms with van der Waals surface area (Å²) in [6.07, 6.45) is -2.09. The normalized spacial score (nSPS) is 19.9. The summed E-state index contributed by atoms with van der Waals surface area (Å²) < 4.78 is 8.63. The minimum atomic E-state index is -1.14. The maximum atomic E-state index is 12.4. The van der Waals surface area contributed by atoms with Gasteiger partial charge in [-0.1, -0.05) is 64.7 Å². The monoisotopic (exact) mass is 608 g/mol. The predicted molar refractivity (Wildman–Crippen MR) is 157 cm³/mol. The third-order valence-electron chi connectivity index (χ3n) is 6.76. The Labute approximate surface area is 250 Å². The fourth-order valence-electron chi connectivity index (χ4n) is 4.65. The highest BCUT2D eigenvalue weighted by atomic mass is 35.5. The first-order valence-corrected chi connectivity index (χ1v) is 13.8. The zero-order chi connectivity index (χ0) is 31.4. The summed E-state index contributed by atoms with van der Waals surface area (Å²) in [5, 5.41) is 19.1. The number of aliphatic hydroxyl groups is 1. The van der Waals surface area contributed by atoms with Crippen LogP contribution in [0.2, 0.25) is 0 Å². The molecule has 4 rings (SSSR count). The fourth-order valence-corrected chi connectivity index (χ4v) is 5.05. The lowest BCUT2D eigenvalue weighted by Gasteiger charge is -2.22. The Morgan fingerprint density at radius 1 is 0.829 bits per heavy atom. The van der Waals surface area contributed by atoms with Gasteiger partial charge in [-0.15, -0.1) is 0 Å². The quantitative estimate of drug-likeness (QED) is 0.513. The fraction of sp³-hybridized carbons (Fsp3) is 0.536. The molecule has 1 N–H and O–H groups in total. The van der Waals surface area contributed by atoms with Crippen molar-refractivity contribution in [3.63, 3.8) is 0 Å². The van der Waals surface area contributed by atoms with E-state index in [1.807, 2.05) is 26.2 Å². The van der Waals surface area contributed by atoms with Crippen molar-refractivity contribution in [1.29, 1.82) is 0 Å². The number of carbonyl (C=O) groups excluding carboxylic acids is 3. The second-order valence-electron chi connectivity index (χ2n) is 12.2. The predicted octanol–water partition coefficient (Wildman–Crippen LogP) is 4.36. The van der Waals surface area contributed by atoms with Crippen LogP contribution >= 0.6 is 23.2 Å². The van der Waals surface area contributed by atoms with Gasteiger partial charge in [-0.2, -0.15) is 10.2 Å². The highest BCUT2D eigenvalue weighted by Crippen LogP contribution is 2.36. The van der Waals surface area contributed by atoms with Crippen LogP contribution in [0, 0.1) is 0 Å². The molecule has 0 aromatic carbocycles. The van der Waals surface area contributed by atoms with Gasteiger partial charge in [0.05, 0.1) is 10.1 Å². The number of aromatic nitrogens is 4. The zero-order valence-corrected chi connectivity index (χ0v) is 26.8. The van der Waals surface area contributed by atoms with Crippen molar-refractivity contribution in [2.45, 2.75) is 85.6 Å². The second kappa shape index (κ2) is 11.3. The number of anilines is 2. The maximum Gasteiger partial charge on any atom is 0.304 e. The van der Waals surface area contributed by atoms with E-state index in [-0.39, 0.29) is 32.7 Å². The van der Waals surface area contributed by atoms with E-state index in [0.717, 1.165) is 11.4 Å². The molecular formula is C28H38Cl2N6O5. The standard InChI is InChI=1S/C15H20ClN3O3.C13H18ClN3O2/c1-8-12(16)14(22-9(2)20)19(13(8)21)11-7-10(15(3,4)5)18(6)17-11;1-7-10(14)12(19)17(11(7)18)9-6-8(13(2,3)4)16(5)15-9/h7,14H,1-6H3;6,12,19H,1-5H3. The van der Waals surface area contributed by atoms with Crippen molar-refractivity contribution < 1.29 is 24.2 Å². The van der Waals surface area contributed by atoms with E-state index < -0.39 is 18.4 Å². The van der Waals surface area contributed by atoms with Crippen LogP contribution in [0.4, 0.5) is 11.6 Å². The summed E-state index contributed by atoms with van der Waals surface area (Å²) in [6.45, 7) is 16.8. The molecule has 224 valence electrons. The van der Waals surface area contributed by atoms with Gasteiger partial charge in [-0.3, -0.25) is 28.6 Å². The van der Waals surface area contributed by atoms with Crippen LogP contribution < -0.4 is 9.80 Å². The van der Waals surface area contributed by atoms with Crippen molar-refractivity contribution >= 4 is 52.6 Å². The lowest BCUT2D eigenvalue weighted by atomic mass is 9.92. The molecule has 0 bridgehead atoms. The minimum absolute atomic E-state index is 0.0972. The molecule has 2 atom stereocenters. The lowest BCUT2D eigenvalue weighted by Crippen LogP contribution is -2.38. The maximum absolute atomic E-state index is 12.4.